The number of benzene rings is 2. The Morgan fingerprint density at radius 2 is 1.77 bits per heavy atom. The Morgan fingerprint density at radius 1 is 1.00 bits per heavy atom. The van der Waals surface area contributed by atoms with E-state index in [2.05, 4.69) is 11.9 Å². The maximum absolute atomic E-state index is 13.2. The number of aromatic nitrogens is 1. The lowest BCUT2D eigenvalue weighted by Crippen LogP contribution is -2.54. The number of hydrogen-bond donors (Lipinski definition) is 1. The van der Waals surface area contributed by atoms with E-state index in [-0.39, 0.29) is 5.57 Å². The second kappa shape index (κ2) is 10.7. The van der Waals surface area contributed by atoms with Gasteiger partial charge in [0.25, 0.3) is 11.8 Å². The number of barbiturate groups is 1. The predicted octanol–water partition coefficient (Wildman–Crippen LogP) is 4.52. The van der Waals surface area contributed by atoms with Crippen molar-refractivity contribution in [1.82, 2.24) is 9.88 Å². The number of anilines is 1. The van der Waals surface area contributed by atoms with Crippen molar-refractivity contribution in [3.8, 4) is 5.75 Å². The highest BCUT2D eigenvalue weighted by Gasteiger charge is 2.36. The molecule has 2 heterocycles. The van der Waals surface area contributed by atoms with Crippen LogP contribution in [0.15, 0.2) is 85.1 Å². The van der Waals surface area contributed by atoms with E-state index in [0.29, 0.717) is 31.0 Å². The topological polar surface area (TPSA) is 80.6 Å². The maximum atomic E-state index is 13.2. The number of imide groups is 2. The minimum absolute atomic E-state index is 0.110. The van der Waals surface area contributed by atoms with Crippen LogP contribution in [0.2, 0.25) is 0 Å². The van der Waals surface area contributed by atoms with E-state index in [9.17, 15) is 14.4 Å². The van der Waals surface area contributed by atoms with Crippen molar-refractivity contribution in [3.63, 3.8) is 0 Å². The molecule has 1 aliphatic rings. The second-order valence-corrected chi connectivity index (χ2v) is 8.05. The van der Waals surface area contributed by atoms with E-state index in [1.54, 1.807) is 18.2 Å². The van der Waals surface area contributed by atoms with Gasteiger partial charge < -0.3 is 9.30 Å². The van der Waals surface area contributed by atoms with Gasteiger partial charge in [0, 0.05) is 11.9 Å². The van der Waals surface area contributed by atoms with Crippen LogP contribution in [-0.4, -0.2) is 29.0 Å². The summed E-state index contributed by atoms with van der Waals surface area (Å²) < 4.78 is 7.86. The Morgan fingerprint density at radius 3 is 2.51 bits per heavy atom. The molecule has 0 aliphatic carbocycles. The van der Waals surface area contributed by atoms with Gasteiger partial charge in [0.2, 0.25) is 0 Å². The standard InChI is InChI=1S/C28H27N3O4/c1-3-8-21-9-5-6-11-25(21)35-18-17-30-16-7-10-23(30)19-24-26(32)29-28(34)31(27(24)33)22-14-12-20(4-2)13-15-22/h3,5-7,9-16,19H,1,4,8,17-18H2,2H3,(H,29,32,34)/b24-19-. The molecule has 178 valence electrons. The number of aryl methyl sites for hydroxylation is 1. The smallest absolute Gasteiger partial charge is 0.335 e. The molecule has 0 saturated carbocycles. The molecule has 0 atom stereocenters. The van der Waals surface area contributed by atoms with Gasteiger partial charge in [-0.1, -0.05) is 43.3 Å². The van der Waals surface area contributed by atoms with Crippen LogP contribution in [0.3, 0.4) is 0 Å². The van der Waals surface area contributed by atoms with Crippen LogP contribution in [0, 0.1) is 0 Å². The van der Waals surface area contributed by atoms with Crippen molar-refractivity contribution >= 4 is 29.6 Å². The predicted molar refractivity (Wildman–Crippen MR) is 135 cm³/mol. The molecule has 7 heteroatoms. The molecule has 35 heavy (non-hydrogen) atoms. The Hall–Kier alpha value is -4.39. The summed E-state index contributed by atoms with van der Waals surface area (Å²) in [6.45, 7) is 6.71. The fourth-order valence-electron chi connectivity index (χ4n) is 3.91. The van der Waals surface area contributed by atoms with Crippen LogP contribution in [-0.2, 0) is 29.0 Å². The van der Waals surface area contributed by atoms with E-state index in [1.165, 1.54) is 6.08 Å². The van der Waals surface area contributed by atoms with Gasteiger partial charge in [-0.25, -0.2) is 9.69 Å². The van der Waals surface area contributed by atoms with Crippen molar-refractivity contribution in [2.75, 3.05) is 11.5 Å². The van der Waals surface area contributed by atoms with Crippen LogP contribution in [0.5, 0.6) is 5.75 Å². The fourth-order valence-corrected chi connectivity index (χ4v) is 3.91. The first kappa shape index (κ1) is 23.8. The Labute approximate surface area is 204 Å². The van der Waals surface area contributed by atoms with Crippen LogP contribution >= 0.6 is 0 Å². The summed E-state index contributed by atoms with van der Waals surface area (Å²) in [5.74, 6) is -0.585. The van der Waals surface area contributed by atoms with E-state index >= 15 is 0 Å². The van der Waals surface area contributed by atoms with E-state index in [4.69, 9.17) is 4.74 Å². The molecule has 0 unspecified atom stereocenters. The first-order valence-corrected chi connectivity index (χ1v) is 11.5. The number of carbonyl (C=O) groups is 3. The van der Waals surface area contributed by atoms with Gasteiger partial charge in [-0.2, -0.15) is 0 Å². The molecule has 0 bridgehead atoms. The number of hydrogen-bond acceptors (Lipinski definition) is 4. The maximum Gasteiger partial charge on any atom is 0.335 e. The summed E-state index contributed by atoms with van der Waals surface area (Å²) in [6.07, 6.45) is 6.73. The number of rotatable bonds is 9. The van der Waals surface area contributed by atoms with Gasteiger partial charge in [0.05, 0.1) is 12.2 Å². The molecule has 1 aliphatic heterocycles. The molecular weight excluding hydrogens is 442 g/mol. The zero-order chi connectivity index (χ0) is 24.8. The normalized spacial score (nSPS) is 14.8. The summed E-state index contributed by atoms with van der Waals surface area (Å²) in [4.78, 5) is 39.1. The Balaban J connectivity index is 1.52. The number of urea groups is 1. The lowest BCUT2D eigenvalue weighted by Gasteiger charge is -2.26. The first-order valence-electron chi connectivity index (χ1n) is 11.5. The number of amides is 4. The number of nitrogens with one attached hydrogen (secondary N) is 1. The van der Waals surface area contributed by atoms with Crippen molar-refractivity contribution in [2.45, 2.75) is 26.3 Å². The Bertz CT molecular complexity index is 1290. The molecule has 0 radical (unpaired) electrons. The van der Waals surface area contributed by atoms with Gasteiger partial charge in [-0.05, 0) is 60.4 Å². The molecule has 4 rings (SSSR count). The minimum atomic E-state index is -0.761. The molecule has 1 aromatic heterocycles. The lowest BCUT2D eigenvalue weighted by molar-refractivity contribution is -0.122. The molecule has 0 spiro atoms. The number of nitrogens with zero attached hydrogens (tertiary/aromatic N) is 2. The first-order chi connectivity index (χ1) is 17.0. The van der Waals surface area contributed by atoms with E-state index < -0.39 is 17.8 Å². The van der Waals surface area contributed by atoms with Crippen LogP contribution in [0.4, 0.5) is 10.5 Å². The molecular formula is C28H27N3O4. The van der Waals surface area contributed by atoms with E-state index in [1.807, 2.05) is 66.2 Å². The number of carbonyl (C=O) groups excluding carboxylic acids is 3. The summed E-state index contributed by atoms with van der Waals surface area (Å²) in [5, 5.41) is 2.27. The van der Waals surface area contributed by atoms with Crippen molar-refractivity contribution in [3.05, 3.63) is 102 Å². The third kappa shape index (κ3) is 5.24. The Kier molecular flexibility index (Phi) is 7.26. The molecule has 7 nitrogen and oxygen atoms in total. The van der Waals surface area contributed by atoms with Crippen LogP contribution in [0.25, 0.3) is 6.08 Å². The molecule has 1 saturated heterocycles. The molecule has 4 amide bonds. The minimum Gasteiger partial charge on any atom is -0.491 e. The number of ether oxygens (including phenoxy) is 1. The summed E-state index contributed by atoms with van der Waals surface area (Å²) in [5.41, 5.74) is 3.09. The quantitative estimate of drug-likeness (QED) is 0.284. The van der Waals surface area contributed by atoms with Gasteiger partial charge in [0.15, 0.2) is 0 Å². The average molecular weight is 470 g/mol. The molecule has 1 fully saturated rings. The highest BCUT2D eigenvalue weighted by atomic mass is 16.5. The number of para-hydroxylation sites is 1. The van der Waals surface area contributed by atoms with Crippen molar-refractivity contribution < 1.29 is 19.1 Å². The molecule has 1 N–H and O–H groups in total. The molecule has 3 aromatic rings. The second-order valence-electron chi connectivity index (χ2n) is 8.05. The third-order valence-corrected chi connectivity index (χ3v) is 5.79. The lowest BCUT2D eigenvalue weighted by atomic mass is 10.1. The zero-order valence-electron chi connectivity index (χ0n) is 19.6. The average Bonchev–Trinajstić information content (AvgIpc) is 3.30. The van der Waals surface area contributed by atoms with E-state index in [0.717, 1.165) is 28.2 Å². The molecule has 2 aromatic carbocycles. The van der Waals surface area contributed by atoms with Gasteiger partial charge in [0.1, 0.15) is 17.9 Å². The zero-order valence-corrected chi connectivity index (χ0v) is 19.6. The van der Waals surface area contributed by atoms with Crippen LogP contribution in [0.1, 0.15) is 23.7 Å². The monoisotopic (exact) mass is 469 g/mol. The van der Waals surface area contributed by atoms with Crippen LogP contribution < -0.4 is 15.0 Å². The highest BCUT2D eigenvalue weighted by molar-refractivity contribution is 6.39. The summed E-state index contributed by atoms with van der Waals surface area (Å²) in [7, 11) is 0. The van der Waals surface area contributed by atoms with Crippen molar-refractivity contribution in [1.29, 1.82) is 0 Å². The van der Waals surface area contributed by atoms with Gasteiger partial charge >= 0.3 is 6.03 Å². The SMILES string of the molecule is C=CCc1ccccc1OCCn1cccc1/C=C1/C(=O)NC(=O)N(c2ccc(CC)cc2)C1=O. The summed E-state index contributed by atoms with van der Waals surface area (Å²) >= 11 is 0. The largest absolute Gasteiger partial charge is 0.491 e. The van der Waals surface area contributed by atoms with Gasteiger partial charge in [-0.15, -0.1) is 6.58 Å². The third-order valence-electron chi connectivity index (χ3n) is 5.79. The van der Waals surface area contributed by atoms with Gasteiger partial charge in [-0.3, -0.25) is 14.9 Å². The number of allylic oxidation sites excluding steroid dienone is 1. The van der Waals surface area contributed by atoms with Crippen molar-refractivity contribution in [2.24, 2.45) is 0 Å². The summed E-state index contributed by atoms with van der Waals surface area (Å²) in [6, 6.07) is 17.8. The highest BCUT2D eigenvalue weighted by Crippen LogP contribution is 2.23. The fraction of sp³-hybridized carbons (Fsp3) is 0.179.